The summed E-state index contributed by atoms with van der Waals surface area (Å²) in [4.78, 5) is 25.5. The predicted molar refractivity (Wildman–Crippen MR) is 87.6 cm³/mol. The van der Waals surface area contributed by atoms with E-state index in [1.165, 1.54) is 0 Å². The second-order valence-corrected chi connectivity index (χ2v) is 6.35. The molecule has 0 spiro atoms. The number of hydrogen-bond donors (Lipinski definition) is 1. The molecule has 5 heteroatoms. The molecule has 1 aliphatic heterocycles. The van der Waals surface area contributed by atoms with Crippen LogP contribution in [0.5, 0.6) is 0 Å². The average Bonchev–Trinajstić information content (AvgIpc) is 2.75. The van der Waals surface area contributed by atoms with Crippen molar-refractivity contribution in [1.29, 1.82) is 0 Å². The Morgan fingerprint density at radius 3 is 2.70 bits per heavy atom. The fraction of sp³-hybridized carbons (Fsp3) is 0.556. The van der Waals surface area contributed by atoms with Gasteiger partial charge in [0.05, 0.1) is 11.2 Å². The molecule has 1 aromatic rings. The Morgan fingerprint density at radius 1 is 1.26 bits per heavy atom. The van der Waals surface area contributed by atoms with Crippen LogP contribution in [0, 0.1) is 0 Å². The molecule has 1 atom stereocenters. The van der Waals surface area contributed by atoms with E-state index in [4.69, 9.17) is 4.74 Å². The molecule has 2 rings (SSSR count). The van der Waals surface area contributed by atoms with Crippen LogP contribution in [-0.4, -0.2) is 47.7 Å². The quantitative estimate of drug-likeness (QED) is 0.906. The molecule has 1 N–H and O–H groups in total. The highest BCUT2D eigenvalue weighted by molar-refractivity contribution is 5.89. The van der Waals surface area contributed by atoms with Gasteiger partial charge in [-0.2, -0.15) is 0 Å². The van der Waals surface area contributed by atoms with Gasteiger partial charge in [-0.1, -0.05) is 18.2 Å². The van der Waals surface area contributed by atoms with Crippen molar-refractivity contribution in [1.82, 2.24) is 4.90 Å². The van der Waals surface area contributed by atoms with Gasteiger partial charge in [0.2, 0.25) is 5.91 Å². The van der Waals surface area contributed by atoms with Gasteiger partial charge >= 0.3 is 5.97 Å². The zero-order chi connectivity index (χ0) is 16.9. The van der Waals surface area contributed by atoms with E-state index in [0.29, 0.717) is 24.9 Å². The number of rotatable bonds is 5. The molecule has 0 bridgehead atoms. The zero-order valence-electron chi connectivity index (χ0n) is 13.9. The molecule has 0 unspecified atom stereocenters. The second kappa shape index (κ2) is 7.59. The molecule has 1 aliphatic rings. The van der Waals surface area contributed by atoms with Crippen molar-refractivity contribution in [2.75, 3.05) is 20.2 Å². The van der Waals surface area contributed by atoms with E-state index in [1.54, 1.807) is 25.3 Å². The van der Waals surface area contributed by atoms with E-state index in [9.17, 15) is 14.7 Å². The Morgan fingerprint density at radius 2 is 2.00 bits per heavy atom. The van der Waals surface area contributed by atoms with Crippen LogP contribution in [0.3, 0.4) is 0 Å². The fourth-order valence-corrected chi connectivity index (χ4v) is 3.05. The first kappa shape index (κ1) is 17.5. The van der Waals surface area contributed by atoms with Crippen molar-refractivity contribution in [3.63, 3.8) is 0 Å². The topological polar surface area (TPSA) is 66.8 Å². The van der Waals surface area contributed by atoms with Crippen molar-refractivity contribution < 1.29 is 19.4 Å². The van der Waals surface area contributed by atoms with Gasteiger partial charge in [-0.05, 0) is 44.2 Å². The van der Waals surface area contributed by atoms with E-state index >= 15 is 0 Å². The number of amides is 1. The highest BCUT2D eigenvalue weighted by atomic mass is 16.5. The van der Waals surface area contributed by atoms with Crippen molar-refractivity contribution in [2.24, 2.45) is 0 Å². The van der Waals surface area contributed by atoms with Crippen molar-refractivity contribution in [3.05, 3.63) is 35.4 Å². The first-order chi connectivity index (χ1) is 10.9. The number of likely N-dealkylation sites (tertiary alicyclic amines) is 1. The SMILES string of the molecule is CO[C@@]1(C)CCCN(C(=O)CCc2ccccc2C(=O)O)CC1. The van der Waals surface area contributed by atoms with Crippen LogP contribution in [0.4, 0.5) is 0 Å². The molecule has 1 heterocycles. The molecule has 0 aliphatic carbocycles. The number of benzene rings is 1. The normalized spacial score (nSPS) is 21.7. The summed E-state index contributed by atoms with van der Waals surface area (Å²) in [6, 6.07) is 6.87. The number of carboxylic acids is 1. The maximum atomic E-state index is 12.4. The van der Waals surface area contributed by atoms with Crippen molar-refractivity contribution in [2.45, 2.75) is 44.6 Å². The summed E-state index contributed by atoms with van der Waals surface area (Å²) >= 11 is 0. The lowest BCUT2D eigenvalue weighted by Crippen LogP contribution is -2.34. The number of carboxylic acid groups (broad SMARTS) is 1. The monoisotopic (exact) mass is 319 g/mol. The molecule has 1 aromatic carbocycles. The number of ether oxygens (including phenoxy) is 1. The highest BCUT2D eigenvalue weighted by Gasteiger charge is 2.29. The Labute approximate surface area is 137 Å². The zero-order valence-corrected chi connectivity index (χ0v) is 13.9. The van der Waals surface area contributed by atoms with E-state index in [2.05, 4.69) is 6.92 Å². The minimum atomic E-state index is -0.946. The highest BCUT2D eigenvalue weighted by Crippen LogP contribution is 2.25. The number of nitrogens with zero attached hydrogens (tertiary/aromatic N) is 1. The number of methoxy groups -OCH3 is 1. The van der Waals surface area contributed by atoms with Gasteiger partial charge in [-0.25, -0.2) is 4.79 Å². The average molecular weight is 319 g/mol. The molecule has 1 saturated heterocycles. The number of carbonyl (C=O) groups excluding carboxylic acids is 1. The Balaban J connectivity index is 1.94. The summed E-state index contributed by atoms with van der Waals surface area (Å²) in [6.45, 7) is 3.53. The van der Waals surface area contributed by atoms with Crippen molar-refractivity contribution >= 4 is 11.9 Å². The van der Waals surface area contributed by atoms with E-state index in [-0.39, 0.29) is 17.1 Å². The van der Waals surface area contributed by atoms with E-state index in [0.717, 1.165) is 25.8 Å². The van der Waals surface area contributed by atoms with Crippen LogP contribution in [-0.2, 0) is 16.0 Å². The van der Waals surface area contributed by atoms with Crippen molar-refractivity contribution in [3.8, 4) is 0 Å². The largest absolute Gasteiger partial charge is 0.478 e. The third kappa shape index (κ3) is 4.55. The van der Waals surface area contributed by atoms with Crippen LogP contribution in [0.25, 0.3) is 0 Å². The van der Waals surface area contributed by atoms with Gasteiger partial charge in [0.25, 0.3) is 0 Å². The van der Waals surface area contributed by atoms with Gasteiger partial charge in [0.1, 0.15) is 0 Å². The predicted octanol–water partition coefficient (Wildman–Crippen LogP) is 2.74. The lowest BCUT2D eigenvalue weighted by Gasteiger charge is -2.26. The summed E-state index contributed by atoms with van der Waals surface area (Å²) in [5.74, 6) is -0.857. The first-order valence-corrected chi connectivity index (χ1v) is 8.09. The number of carbonyl (C=O) groups is 2. The minimum Gasteiger partial charge on any atom is -0.478 e. The van der Waals surface area contributed by atoms with Crippen LogP contribution in [0.15, 0.2) is 24.3 Å². The van der Waals surface area contributed by atoms with Crippen LogP contribution < -0.4 is 0 Å². The molecule has 126 valence electrons. The summed E-state index contributed by atoms with van der Waals surface area (Å²) in [6.07, 6.45) is 3.52. The summed E-state index contributed by atoms with van der Waals surface area (Å²) in [7, 11) is 1.72. The minimum absolute atomic E-state index is 0.0885. The van der Waals surface area contributed by atoms with Crippen LogP contribution >= 0.6 is 0 Å². The maximum Gasteiger partial charge on any atom is 0.335 e. The molecule has 1 fully saturated rings. The lowest BCUT2D eigenvalue weighted by molar-refractivity contribution is -0.131. The fourth-order valence-electron chi connectivity index (χ4n) is 3.05. The van der Waals surface area contributed by atoms with Gasteiger partial charge in [0.15, 0.2) is 0 Å². The van der Waals surface area contributed by atoms with Gasteiger partial charge in [-0.3, -0.25) is 4.79 Å². The number of aryl methyl sites for hydroxylation is 1. The standard InChI is InChI=1S/C18H25NO4/c1-18(23-2)10-5-12-19(13-11-18)16(20)9-8-14-6-3-4-7-15(14)17(21)22/h3-4,6-7H,5,8-13H2,1-2H3,(H,21,22)/t18-/m0/s1. The molecule has 1 amide bonds. The summed E-state index contributed by atoms with van der Waals surface area (Å²) < 4.78 is 5.55. The number of aromatic carboxylic acids is 1. The molecule has 0 aromatic heterocycles. The van der Waals surface area contributed by atoms with Crippen LogP contribution in [0.2, 0.25) is 0 Å². The molecule has 5 nitrogen and oxygen atoms in total. The van der Waals surface area contributed by atoms with Gasteiger partial charge in [0, 0.05) is 26.6 Å². The smallest absolute Gasteiger partial charge is 0.335 e. The molecule has 0 saturated carbocycles. The third-order valence-electron chi connectivity index (χ3n) is 4.75. The molecule has 23 heavy (non-hydrogen) atoms. The van der Waals surface area contributed by atoms with E-state index in [1.807, 2.05) is 11.0 Å². The Hall–Kier alpha value is -1.88. The van der Waals surface area contributed by atoms with Gasteiger partial charge in [-0.15, -0.1) is 0 Å². The molecular formula is C18H25NO4. The number of hydrogen-bond acceptors (Lipinski definition) is 3. The first-order valence-electron chi connectivity index (χ1n) is 8.09. The van der Waals surface area contributed by atoms with Gasteiger partial charge < -0.3 is 14.7 Å². The Kier molecular flexibility index (Phi) is 5.77. The Bertz CT molecular complexity index is 572. The summed E-state index contributed by atoms with van der Waals surface area (Å²) in [5.41, 5.74) is 0.846. The maximum absolute atomic E-state index is 12.4. The lowest BCUT2D eigenvalue weighted by atomic mass is 9.97. The molecular weight excluding hydrogens is 294 g/mol. The summed E-state index contributed by atoms with van der Waals surface area (Å²) in [5, 5.41) is 9.19. The van der Waals surface area contributed by atoms with E-state index < -0.39 is 5.97 Å². The second-order valence-electron chi connectivity index (χ2n) is 6.35. The third-order valence-corrected chi connectivity index (χ3v) is 4.75. The van der Waals surface area contributed by atoms with Crippen LogP contribution in [0.1, 0.15) is 48.5 Å². The molecule has 0 radical (unpaired) electrons.